The van der Waals surface area contributed by atoms with Crippen molar-refractivity contribution in [1.82, 2.24) is 0 Å². The minimum atomic E-state index is -0.531. The maximum absolute atomic E-state index is 13.3. The van der Waals surface area contributed by atoms with Gasteiger partial charge in [-0.2, -0.15) is 0 Å². The Balaban J connectivity index is 1.72. The van der Waals surface area contributed by atoms with Crippen LogP contribution in [0.2, 0.25) is 0 Å². The Morgan fingerprint density at radius 1 is 1.14 bits per heavy atom. The van der Waals surface area contributed by atoms with Crippen LogP contribution in [0.25, 0.3) is 0 Å². The van der Waals surface area contributed by atoms with E-state index in [9.17, 15) is 9.59 Å². The van der Waals surface area contributed by atoms with Crippen molar-refractivity contribution in [3.8, 4) is 0 Å². The number of benzene rings is 1. The van der Waals surface area contributed by atoms with Gasteiger partial charge in [-0.3, -0.25) is 14.6 Å². The van der Waals surface area contributed by atoms with Gasteiger partial charge in [-0.25, -0.2) is 0 Å². The number of halogens is 1. The maximum atomic E-state index is 13.3. The van der Waals surface area contributed by atoms with Crippen molar-refractivity contribution < 1.29 is 14.3 Å². The molecule has 0 aromatic heterocycles. The van der Waals surface area contributed by atoms with Gasteiger partial charge in [0.05, 0.1) is 0 Å². The van der Waals surface area contributed by atoms with Gasteiger partial charge in [0.1, 0.15) is 12.0 Å². The number of ketones is 1. The highest BCUT2D eigenvalue weighted by molar-refractivity contribution is 9.10. The molecule has 1 heterocycles. The zero-order valence-electron chi connectivity index (χ0n) is 16.2. The highest BCUT2D eigenvalue weighted by Crippen LogP contribution is 2.44. The minimum Gasteiger partial charge on any atom is -0.462 e. The van der Waals surface area contributed by atoms with Crippen LogP contribution >= 0.6 is 15.9 Å². The van der Waals surface area contributed by atoms with Crippen molar-refractivity contribution in [1.29, 1.82) is 0 Å². The van der Waals surface area contributed by atoms with Crippen LogP contribution in [0.3, 0.4) is 0 Å². The Labute approximate surface area is 174 Å². The van der Waals surface area contributed by atoms with E-state index in [1.54, 1.807) is 0 Å². The van der Waals surface area contributed by atoms with Crippen molar-refractivity contribution >= 4 is 33.4 Å². The van der Waals surface area contributed by atoms with Crippen molar-refractivity contribution in [2.24, 2.45) is 10.9 Å². The monoisotopic (exact) mass is 443 g/mol. The molecule has 0 bridgehead atoms. The van der Waals surface area contributed by atoms with E-state index in [-0.39, 0.29) is 23.8 Å². The van der Waals surface area contributed by atoms with E-state index in [1.165, 1.54) is 6.42 Å². The standard InChI is InChI=1S/C23H26BrNO3/c1-14-20(23(27)28-17-9-3-2-4-10-17)21(15-7-5-8-16(24)13-15)22-18(25-14)11-6-12-19(22)26/h5,7-8,13,17,20-21H,2-4,6,9-12H2,1H3/t20?,21-/m1/s1. The van der Waals surface area contributed by atoms with Gasteiger partial charge in [0.2, 0.25) is 0 Å². The molecular formula is C23H26BrNO3. The number of carbonyl (C=O) groups excluding carboxylic acids is 2. The molecule has 1 aliphatic heterocycles. The second-order valence-electron chi connectivity index (χ2n) is 8.10. The number of allylic oxidation sites excluding steroid dienone is 2. The molecule has 5 heteroatoms. The van der Waals surface area contributed by atoms with E-state index >= 15 is 0 Å². The highest BCUT2D eigenvalue weighted by atomic mass is 79.9. The maximum Gasteiger partial charge on any atom is 0.315 e. The summed E-state index contributed by atoms with van der Waals surface area (Å²) < 4.78 is 6.87. The van der Waals surface area contributed by atoms with Crippen LogP contribution in [0.1, 0.15) is 69.8 Å². The summed E-state index contributed by atoms with van der Waals surface area (Å²) in [7, 11) is 0. The lowest BCUT2D eigenvalue weighted by atomic mass is 9.72. The summed E-state index contributed by atoms with van der Waals surface area (Å²) in [4.78, 5) is 30.9. The summed E-state index contributed by atoms with van der Waals surface area (Å²) in [5.41, 5.74) is 3.32. The molecule has 0 radical (unpaired) electrons. The van der Waals surface area contributed by atoms with Crippen LogP contribution in [0.5, 0.6) is 0 Å². The van der Waals surface area contributed by atoms with Gasteiger partial charge in [-0.1, -0.05) is 34.5 Å². The normalized spacial score (nSPS) is 25.9. The average molecular weight is 444 g/mol. The van der Waals surface area contributed by atoms with Gasteiger partial charge in [-0.05, 0) is 63.1 Å². The summed E-state index contributed by atoms with van der Waals surface area (Å²) in [5.74, 6) is -0.952. The Morgan fingerprint density at radius 2 is 1.93 bits per heavy atom. The Morgan fingerprint density at radius 3 is 2.68 bits per heavy atom. The van der Waals surface area contributed by atoms with Crippen LogP contribution in [-0.4, -0.2) is 23.6 Å². The Bertz CT molecular complexity index is 851. The molecule has 0 spiro atoms. The van der Waals surface area contributed by atoms with Gasteiger partial charge < -0.3 is 4.74 Å². The molecule has 148 valence electrons. The van der Waals surface area contributed by atoms with Crippen LogP contribution in [0, 0.1) is 5.92 Å². The molecule has 4 nitrogen and oxygen atoms in total. The second kappa shape index (κ2) is 8.32. The molecule has 2 atom stereocenters. The van der Waals surface area contributed by atoms with Crippen LogP contribution in [0.15, 0.2) is 45.0 Å². The molecule has 0 N–H and O–H groups in total. The predicted octanol–water partition coefficient (Wildman–Crippen LogP) is 5.51. The number of ether oxygens (including phenoxy) is 1. The smallest absolute Gasteiger partial charge is 0.315 e. The number of hydrogen-bond donors (Lipinski definition) is 0. The molecule has 28 heavy (non-hydrogen) atoms. The number of hydrogen-bond acceptors (Lipinski definition) is 4. The molecule has 1 aromatic rings. The van der Waals surface area contributed by atoms with Crippen LogP contribution < -0.4 is 0 Å². The van der Waals surface area contributed by atoms with E-state index in [0.29, 0.717) is 6.42 Å². The number of rotatable bonds is 3. The molecular weight excluding hydrogens is 418 g/mol. The van der Waals surface area contributed by atoms with Gasteiger partial charge in [0.25, 0.3) is 0 Å². The van der Waals surface area contributed by atoms with Gasteiger partial charge in [-0.15, -0.1) is 0 Å². The lowest BCUT2D eigenvalue weighted by Crippen LogP contribution is -2.38. The molecule has 4 rings (SSSR count). The lowest BCUT2D eigenvalue weighted by molar-refractivity contribution is -0.153. The highest BCUT2D eigenvalue weighted by Gasteiger charge is 2.43. The van der Waals surface area contributed by atoms with Crippen molar-refractivity contribution in [3.05, 3.63) is 45.6 Å². The Kier molecular flexibility index (Phi) is 5.81. The third-order valence-electron chi connectivity index (χ3n) is 6.13. The summed E-state index contributed by atoms with van der Waals surface area (Å²) in [5, 5.41) is 0. The molecule has 1 aromatic carbocycles. The first-order valence-corrected chi connectivity index (χ1v) is 11.1. The largest absolute Gasteiger partial charge is 0.462 e. The van der Waals surface area contributed by atoms with E-state index in [4.69, 9.17) is 9.73 Å². The zero-order valence-corrected chi connectivity index (χ0v) is 17.8. The number of aliphatic imine (C=N–C) groups is 1. The summed E-state index contributed by atoms with van der Waals surface area (Å²) in [6.07, 6.45) is 7.45. The number of esters is 1. The molecule has 1 unspecified atom stereocenters. The molecule has 3 aliphatic rings. The predicted molar refractivity (Wildman–Crippen MR) is 112 cm³/mol. The molecule has 1 fully saturated rings. The molecule has 0 amide bonds. The fraction of sp³-hybridized carbons (Fsp3) is 0.522. The van der Waals surface area contributed by atoms with E-state index in [2.05, 4.69) is 15.9 Å². The van der Waals surface area contributed by atoms with Gasteiger partial charge in [0, 0.05) is 33.8 Å². The molecule has 1 saturated carbocycles. The van der Waals surface area contributed by atoms with Gasteiger partial charge >= 0.3 is 5.97 Å². The minimum absolute atomic E-state index is 0.00496. The number of carbonyl (C=O) groups is 2. The van der Waals surface area contributed by atoms with Crippen molar-refractivity contribution in [3.63, 3.8) is 0 Å². The second-order valence-corrected chi connectivity index (χ2v) is 9.01. The van der Waals surface area contributed by atoms with Crippen LogP contribution in [-0.2, 0) is 14.3 Å². The quantitative estimate of drug-likeness (QED) is 0.578. The van der Waals surface area contributed by atoms with Gasteiger partial charge in [0.15, 0.2) is 5.78 Å². The molecule has 2 aliphatic carbocycles. The zero-order chi connectivity index (χ0) is 19.7. The summed E-state index contributed by atoms with van der Waals surface area (Å²) >= 11 is 3.54. The van der Waals surface area contributed by atoms with Crippen molar-refractivity contribution in [2.75, 3.05) is 0 Å². The first kappa shape index (κ1) is 19.6. The number of nitrogens with zero attached hydrogens (tertiary/aromatic N) is 1. The first-order valence-electron chi connectivity index (χ1n) is 10.3. The lowest BCUT2D eigenvalue weighted by Gasteiger charge is -2.35. The average Bonchev–Trinajstić information content (AvgIpc) is 2.68. The summed E-state index contributed by atoms with van der Waals surface area (Å²) in [6, 6.07) is 7.93. The topological polar surface area (TPSA) is 55.7 Å². The van der Waals surface area contributed by atoms with Crippen molar-refractivity contribution in [2.45, 2.75) is 70.3 Å². The SMILES string of the molecule is CC1=NC2=C(C(=O)CCC2)[C@H](c2cccc(Br)c2)C1C(=O)OC1CCCCC1. The fourth-order valence-electron chi connectivity index (χ4n) is 4.79. The Hall–Kier alpha value is -1.75. The molecule has 0 saturated heterocycles. The van der Waals surface area contributed by atoms with E-state index < -0.39 is 5.92 Å². The first-order chi connectivity index (χ1) is 13.5. The third-order valence-corrected chi connectivity index (χ3v) is 6.62. The van der Waals surface area contributed by atoms with Crippen LogP contribution in [0.4, 0.5) is 0 Å². The summed E-state index contributed by atoms with van der Waals surface area (Å²) in [6.45, 7) is 1.90. The number of Topliss-reactive ketones (excluding diaryl/α,β-unsaturated/α-hetero) is 1. The fourth-order valence-corrected chi connectivity index (χ4v) is 5.21. The van der Waals surface area contributed by atoms with E-state index in [1.807, 2.05) is 31.2 Å². The third kappa shape index (κ3) is 3.86. The van der Waals surface area contributed by atoms with E-state index in [0.717, 1.165) is 65.5 Å².